The number of hydrogen-bond acceptors (Lipinski definition) is 3. The lowest BCUT2D eigenvalue weighted by Crippen LogP contribution is -2.35. The van der Waals surface area contributed by atoms with Crippen molar-refractivity contribution in [2.24, 2.45) is 45.1 Å². The summed E-state index contributed by atoms with van der Waals surface area (Å²) in [6, 6.07) is 0. The van der Waals surface area contributed by atoms with Gasteiger partial charge in [0, 0.05) is 18.6 Å². The van der Waals surface area contributed by atoms with E-state index in [9.17, 15) is 0 Å². The first-order valence-corrected chi connectivity index (χ1v) is 15.8. The Bertz CT molecular complexity index is 582. The first-order chi connectivity index (χ1) is 17.2. The van der Waals surface area contributed by atoms with Gasteiger partial charge in [-0.2, -0.15) is 0 Å². The summed E-state index contributed by atoms with van der Waals surface area (Å²) in [5.41, 5.74) is 6.60. The fraction of sp³-hybridized carbons (Fsp3) is 0.971. The van der Waals surface area contributed by atoms with Crippen LogP contribution in [0.2, 0.25) is 0 Å². The SMILES string of the molecule is CC(C)(C)C(=N)N.CC(C)(C)C1CCCCC1.CC(C)(C)C1CCOCC1.CN1CCC(C(C)(C)C)CC1. The van der Waals surface area contributed by atoms with E-state index in [0.717, 1.165) is 31.0 Å². The van der Waals surface area contributed by atoms with E-state index >= 15 is 0 Å². The Hall–Kier alpha value is -0.610. The number of nitrogens with zero attached hydrogens (tertiary/aromatic N) is 1. The number of hydrogen-bond donors (Lipinski definition) is 2. The maximum atomic E-state index is 6.92. The molecule has 2 aliphatic heterocycles. The number of amidine groups is 1. The first-order valence-electron chi connectivity index (χ1n) is 15.8. The van der Waals surface area contributed by atoms with Gasteiger partial charge in [-0.1, -0.05) is 102 Å². The van der Waals surface area contributed by atoms with E-state index in [1.807, 2.05) is 20.8 Å². The second kappa shape index (κ2) is 16.6. The Morgan fingerprint density at radius 2 is 0.921 bits per heavy atom. The van der Waals surface area contributed by atoms with Crippen LogP contribution in [0, 0.1) is 44.8 Å². The predicted molar refractivity (Wildman–Crippen MR) is 170 cm³/mol. The maximum absolute atomic E-state index is 6.92. The highest BCUT2D eigenvalue weighted by molar-refractivity contribution is 5.82. The van der Waals surface area contributed by atoms with Crippen LogP contribution in [0.1, 0.15) is 141 Å². The summed E-state index contributed by atoms with van der Waals surface area (Å²) in [4.78, 5) is 2.43. The molecule has 3 aliphatic rings. The van der Waals surface area contributed by atoms with Gasteiger partial charge in [0.2, 0.25) is 0 Å². The van der Waals surface area contributed by atoms with E-state index in [0.29, 0.717) is 16.2 Å². The third-order valence-electron chi connectivity index (χ3n) is 9.03. The highest BCUT2D eigenvalue weighted by Gasteiger charge is 2.28. The topological polar surface area (TPSA) is 62.3 Å². The van der Waals surface area contributed by atoms with Gasteiger partial charge >= 0.3 is 0 Å². The van der Waals surface area contributed by atoms with Crippen LogP contribution in [-0.4, -0.2) is 44.1 Å². The van der Waals surface area contributed by atoms with E-state index < -0.39 is 0 Å². The second-order valence-electron chi connectivity index (χ2n) is 16.6. The van der Waals surface area contributed by atoms with Gasteiger partial charge in [-0.05, 0) is 92.7 Å². The van der Waals surface area contributed by atoms with Crippen LogP contribution < -0.4 is 5.73 Å². The highest BCUT2D eigenvalue weighted by Crippen LogP contribution is 2.37. The summed E-state index contributed by atoms with van der Waals surface area (Å²) >= 11 is 0. The molecule has 0 radical (unpaired) electrons. The molecular weight excluding hydrogens is 466 g/mol. The van der Waals surface area contributed by atoms with E-state index in [1.54, 1.807) is 0 Å². The van der Waals surface area contributed by atoms with Gasteiger partial charge in [0.25, 0.3) is 0 Å². The van der Waals surface area contributed by atoms with E-state index in [4.69, 9.17) is 15.9 Å². The molecule has 3 N–H and O–H groups in total. The van der Waals surface area contributed by atoms with Crippen molar-refractivity contribution in [1.29, 1.82) is 5.41 Å². The summed E-state index contributed by atoms with van der Waals surface area (Å²) < 4.78 is 5.29. The highest BCUT2D eigenvalue weighted by atomic mass is 16.5. The predicted octanol–water partition coefficient (Wildman–Crippen LogP) is 9.41. The van der Waals surface area contributed by atoms with Crippen molar-refractivity contribution in [3.8, 4) is 0 Å². The molecule has 228 valence electrons. The maximum Gasteiger partial charge on any atom is 0.0960 e. The molecule has 1 saturated carbocycles. The summed E-state index contributed by atoms with van der Waals surface area (Å²) in [7, 11) is 2.22. The molecule has 4 heteroatoms. The van der Waals surface area contributed by atoms with Crippen LogP contribution in [0.3, 0.4) is 0 Å². The Morgan fingerprint density at radius 3 is 1.18 bits per heavy atom. The molecule has 0 aromatic carbocycles. The van der Waals surface area contributed by atoms with Crippen LogP contribution >= 0.6 is 0 Å². The third-order valence-corrected chi connectivity index (χ3v) is 9.03. The normalized spacial score (nSPS) is 21.2. The largest absolute Gasteiger partial charge is 0.387 e. The minimum absolute atomic E-state index is 0.139. The third kappa shape index (κ3) is 17.2. The Morgan fingerprint density at radius 1 is 0.605 bits per heavy atom. The Kier molecular flexibility index (Phi) is 16.3. The van der Waals surface area contributed by atoms with Crippen LogP contribution in [0.5, 0.6) is 0 Å². The van der Waals surface area contributed by atoms with Crippen LogP contribution in [0.4, 0.5) is 0 Å². The van der Waals surface area contributed by atoms with Gasteiger partial charge in [-0.3, -0.25) is 5.41 Å². The van der Waals surface area contributed by atoms with Gasteiger partial charge in [0.15, 0.2) is 0 Å². The molecular formula is C34H71N3O. The monoisotopic (exact) mass is 538 g/mol. The van der Waals surface area contributed by atoms with Crippen molar-refractivity contribution in [2.45, 2.75) is 141 Å². The fourth-order valence-corrected chi connectivity index (χ4v) is 5.41. The molecule has 2 heterocycles. The molecule has 0 spiro atoms. The molecule has 38 heavy (non-hydrogen) atoms. The molecule has 0 aromatic heterocycles. The average Bonchev–Trinajstić information content (AvgIpc) is 2.79. The summed E-state index contributed by atoms with van der Waals surface area (Å²) in [6.45, 7) is 31.5. The molecule has 0 atom stereocenters. The summed E-state index contributed by atoms with van der Waals surface area (Å²) in [5.74, 6) is 3.06. The molecule has 3 rings (SSSR count). The fourth-order valence-electron chi connectivity index (χ4n) is 5.41. The van der Waals surface area contributed by atoms with Crippen LogP contribution in [0.25, 0.3) is 0 Å². The number of ether oxygens (including phenoxy) is 1. The van der Waals surface area contributed by atoms with Crippen molar-refractivity contribution in [2.75, 3.05) is 33.4 Å². The van der Waals surface area contributed by atoms with E-state index in [1.165, 1.54) is 70.9 Å². The summed E-state index contributed by atoms with van der Waals surface area (Å²) in [5, 5.41) is 6.92. The zero-order valence-electron chi connectivity index (χ0n) is 28.4. The number of rotatable bonds is 0. The number of nitrogens with two attached hydrogens (primary N) is 1. The number of nitrogens with one attached hydrogen (secondary N) is 1. The van der Waals surface area contributed by atoms with Crippen molar-refractivity contribution in [3.05, 3.63) is 0 Å². The zero-order valence-corrected chi connectivity index (χ0v) is 28.4. The number of likely N-dealkylation sites (tertiary alicyclic amines) is 1. The second-order valence-corrected chi connectivity index (χ2v) is 16.6. The number of piperidine rings is 1. The molecule has 1 aliphatic carbocycles. The molecule has 3 fully saturated rings. The quantitative estimate of drug-likeness (QED) is 0.239. The van der Waals surface area contributed by atoms with Gasteiger partial charge in [0.05, 0.1) is 5.84 Å². The molecule has 0 aromatic rings. The lowest BCUT2D eigenvalue weighted by Gasteiger charge is -2.37. The van der Waals surface area contributed by atoms with Crippen molar-refractivity contribution < 1.29 is 4.74 Å². The smallest absolute Gasteiger partial charge is 0.0960 e. The minimum atomic E-state index is -0.139. The summed E-state index contributed by atoms with van der Waals surface area (Å²) in [6.07, 6.45) is 12.7. The van der Waals surface area contributed by atoms with Gasteiger partial charge in [-0.25, -0.2) is 0 Å². The minimum Gasteiger partial charge on any atom is -0.387 e. The first kappa shape index (κ1) is 37.4. The molecule has 0 bridgehead atoms. The molecule has 0 amide bonds. The standard InChI is InChI=1S/C10H21N.C10H20.C9H18O.C5H12N2/c1-10(2,3)9-5-7-11(4)8-6-9;1-10(2,3)9-7-5-4-6-8-9;1-9(2,3)8-4-6-10-7-5-8;1-5(2,3)4(6)7/h9H,5-8H2,1-4H3;9H,4-8H2,1-3H3;8H,4-7H2,1-3H3;1-3H3,(H3,6,7). The van der Waals surface area contributed by atoms with E-state index in [-0.39, 0.29) is 11.3 Å². The van der Waals surface area contributed by atoms with E-state index in [2.05, 4.69) is 74.3 Å². The van der Waals surface area contributed by atoms with Crippen molar-refractivity contribution in [1.82, 2.24) is 4.90 Å². The molecule has 0 unspecified atom stereocenters. The van der Waals surface area contributed by atoms with Crippen molar-refractivity contribution >= 4 is 5.84 Å². The van der Waals surface area contributed by atoms with Crippen LogP contribution in [-0.2, 0) is 4.74 Å². The lowest BCUT2D eigenvalue weighted by molar-refractivity contribution is 0.0286. The van der Waals surface area contributed by atoms with Crippen LogP contribution in [0.15, 0.2) is 0 Å². The lowest BCUT2D eigenvalue weighted by atomic mass is 9.72. The Balaban J connectivity index is 0.000000487. The molecule has 4 nitrogen and oxygen atoms in total. The van der Waals surface area contributed by atoms with Gasteiger partial charge in [-0.15, -0.1) is 0 Å². The Labute approximate surface area is 240 Å². The molecule has 2 saturated heterocycles. The van der Waals surface area contributed by atoms with Crippen molar-refractivity contribution in [3.63, 3.8) is 0 Å². The average molecular weight is 538 g/mol. The zero-order chi connectivity index (χ0) is 29.8. The van der Waals surface area contributed by atoms with Gasteiger partial charge < -0.3 is 15.4 Å². The van der Waals surface area contributed by atoms with Gasteiger partial charge in [0.1, 0.15) is 0 Å².